The number of rotatable bonds is 3. The van der Waals surface area contributed by atoms with Gasteiger partial charge >= 0.3 is 0 Å². The van der Waals surface area contributed by atoms with E-state index in [2.05, 4.69) is 43.4 Å². The molecule has 0 spiro atoms. The van der Waals surface area contributed by atoms with Crippen molar-refractivity contribution in [2.24, 2.45) is 0 Å². The second kappa shape index (κ2) is 6.22. The van der Waals surface area contributed by atoms with Crippen LogP contribution in [0, 0.1) is 10.5 Å². The summed E-state index contributed by atoms with van der Waals surface area (Å²) < 4.78 is 2.49. The van der Waals surface area contributed by atoms with Crippen LogP contribution >= 0.6 is 22.6 Å². The molecule has 1 N–H and O–H groups in total. The Hall–Kier alpha value is -2.29. The van der Waals surface area contributed by atoms with Gasteiger partial charge in [0, 0.05) is 9.26 Å². The van der Waals surface area contributed by atoms with Crippen LogP contribution in [0.5, 0.6) is 0 Å². The molecule has 0 unspecified atom stereocenters. The zero-order chi connectivity index (χ0) is 15.5. The van der Waals surface area contributed by atoms with Crippen molar-refractivity contribution in [3.8, 4) is 5.69 Å². The van der Waals surface area contributed by atoms with Crippen molar-refractivity contribution in [3.05, 3.63) is 63.5 Å². The summed E-state index contributed by atoms with van der Waals surface area (Å²) in [6.07, 6.45) is 1.50. The maximum Gasteiger partial charge on any atom is 0.256 e. The molecule has 3 rings (SSSR count). The number of aryl methyl sites for hydroxylation is 1. The number of tetrazole rings is 1. The largest absolute Gasteiger partial charge is 0.322 e. The highest BCUT2D eigenvalue weighted by Crippen LogP contribution is 2.19. The number of anilines is 1. The van der Waals surface area contributed by atoms with E-state index in [1.807, 2.05) is 49.4 Å². The number of carbonyl (C=O) groups excluding carboxylic acids is 1. The summed E-state index contributed by atoms with van der Waals surface area (Å²) in [7, 11) is 0. The van der Waals surface area contributed by atoms with Crippen molar-refractivity contribution in [2.75, 3.05) is 5.32 Å². The van der Waals surface area contributed by atoms with Gasteiger partial charge in [-0.15, -0.1) is 5.10 Å². The van der Waals surface area contributed by atoms with E-state index in [0.29, 0.717) is 11.3 Å². The molecule has 1 amide bonds. The lowest BCUT2D eigenvalue weighted by Crippen LogP contribution is -2.14. The summed E-state index contributed by atoms with van der Waals surface area (Å²) in [6.45, 7) is 1.98. The molecule has 0 radical (unpaired) electrons. The lowest BCUT2D eigenvalue weighted by Gasteiger charge is -2.09. The second-order valence-corrected chi connectivity index (χ2v) is 5.77. The molecule has 6 nitrogen and oxygen atoms in total. The van der Waals surface area contributed by atoms with Gasteiger partial charge in [-0.2, -0.15) is 0 Å². The van der Waals surface area contributed by atoms with Crippen molar-refractivity contribution in [2.45, 2.75) is 6.92 Å². The molecule has 0 aliphatic carbocycles. The summed E-state index contributed by atoms with van der Waals surface area (Å²) in [5.74, 6) is -0.137. The molecule has 0 bridgehead atoms. The maximum atomic E-state index is 12.4. The Morgan fingerprint density at radius 3 is 2.82 bits per heavy atom. The van der Waals surface area contributed by atoms with Gasteiger partial charge in [0.2, 0.25) is 0 Å². The van der Waals surface area contributed by atoms with Crippen LogP contribution in [-0.4, -0.2) is 26.1 Å². The van der Waals surface area contributed by atoms with Gasteiger partial charge in [-0.05, 0) is 69.8 Å². The zero-order valence-electron chi connectivity index (χ0n) is 11.7. The summed E-state index contributed by atoms with van der Waals surface area (Å²) in [5.41, 5.74) is 3.21. The Morgan fingerprint density at radius 2 is 2.05 bits per heavy atom. The molecule has 0 aliphatic rings. The number of amides is 1. The molecular weight excluding hydrogens is 393 g/mol. The third-order valence-electron chi connectivity index (χ3n) is 3.15. The molecule has 0 saturated carbocycles. The normalized spacial score (nSPS) is 10.5. The number of benzene rings is 2. The highest BCUT2D eigenvalue weighted by atomic mass is 127. The summed E-state index contributed by atoms with van der Waals surface area (Å²) in [4.78, 5) is 12.4. The first kappa shape index (κ1) is 14.6. The minimum absolute atomic E-state index is 0.137. The van der Waals surface area contributed by atoms with Crippen molar-refractivity contribution < 1.29 is 4.79 Å². The fraction of sp³-hybridized carbons (Fsp3) is 0.0667. The molecule has 0 aliphatic heterocycles. The monoisotopic (exact) mass is 405 g/mol. The highest BCUT2D eigenvalue weighted by Gasteiger charge is 2.11. The van der Waals surface area contributed by atoms with E-state index in [1.54, 1.807) is 0 Å². The third kappa shape index (κ3) is 2.98. The fourth-order valence-electron chi connectivity index (χ4n) is 2.03. The summed E-state index contributed by atoms with van der Waals surface area (Å²) in [6, 6.07) is 13.0. The van der Waals surface area contributed by atoms with E-state index in [1.165, 1.54) is 11.0 Å². The van der Waals surface area contributed by atoms with Crippen LogP contribution in [0.4, 0.5) is 5.69 Å². The van der Waals surface area contributed by atoms with Gasteiger partial charge in [-0.25, -0.2) is 4.68 Å². The standard InChI is InChI=1S/C15H12IN5O/c1-10-4-2-7-13(14(10)16)15(22)18-11-5-3-6-12(8-11)21-9-17-19-20-21/h2-9H,1H3,(H,18,22). The van der Waals surface area contributed by atoms with Gasteiger partial charge in [0.15, 0.2) is 0 Å². The van der Waals surface area contributed by atoms with Crippen molar-refractivity contribution in [1.29, 1.82) is 0 Å². The van der Waals surface area contributed by atoms with E-state index >= 15 is 0 Å². The van der Waals surface area contributed by atoms with Gasteiger partial charge < -0.3 is 5.32 Å². The molecule has 0 fully saturated rings. The first-order valence-corrected chi connectivity index (χ1v) is 7.63. The average molecular weight is 405 g/mol. The lowest BCUT2D eigenvalue weighted by atomic mass is 10.1. The number of hydrogen-bond donors (Lipinski definition) is 1. The number of nitrogens with one attached hydrogen (secondary N) is 1. The van der Waals surface area contributed by atoms with Crippen LogP contribution in [0.2, 0.25) is 0 Å². The minimum atomic E-state index is -0.137. The van der Waals surface area contributed by atoms with Crippen LogP contribution in [0.3, 0.4) is 0 Å². The van der Waals surface area contributed by atoms with Crippen LogP contribution in [-0.2, 0) is 0 Å². The molecule has 0 atom stereocenters. The molecular formula is C15H12IN5O. The van der Waals surface area contributed by atoms with Gasteiger partial charge in [0.1, 0.15) is 6.33 Å². The van der Waals surface area contributed by atoms with Crippen LogP contribution in [0.1, 0.15) is 15.9 Å². The number of carbonyl (C=O) groups is 1. The molecule has 22 heavy (non-hydrogen) atoms. The minimum Gasteiger partial charge on any atom is -0.322 e. The van der Waals surface area contributed by atoms with Crippen molar-refractivity contribution >= 4 is 34.2 Å². The van der Waals surface area contributed by atoms with Crippen molar-refractivity contribution in [3.63, 3.8) is 0 Å². The Labute approximate surface area is 140 Å². The number of nitrogens with zero attached hydrogens (tertiary/aromatic N) is 4. The van der Waals surface area contributed by atoms with Crippen LogP contribution in [0.15, 0.2) is 48.8 Å². The predicted molar refractivity (Wildman–Crippen MR) is 91.0 cm³/mol. The highest BCUT2D eigenvalue weighted by molar-refractivity contribution is 14.1. The third-order valence-corrected chi connectivity index (χ3v) is 4.59. The first-order chi connectivity index (χ1) is 10.6. The molecule has 2 aromatic carbocycles. The quantitative estimate of drug-likeness (QED) is 0.681. The Kier molecular flexibility index (Phi) is 4.14. The maximum absolute atomic E-state index is 12.4. The van der Waals surface area contributed by atoms with Crippen LogP contribution < -0.4 is 5.32 Å². The molecule has 0 saturated heterocycles. The molecule has 3 aromatic rings. The molecule has 1 aromatic heterocycles. The Balaban J connectivity index is 1.86. The molecule has 7 heteroatoms. The van der Waals surface area contributed by atoms with Crippen LogP contribution in [0.25, 0.3) is 5.69 Å². The van der Waals surface area contributed by atoms with Gasteiger partial charge in [-0.3, -0.25) is 4.79 Å². The summed E-state index contributed by atoms with van der Waals surface area (Å²) >= 11 is 2.19. The van der Waals surface area contributed by atoms with E-state index < -0.39 is 0 Å². The Bertz CT molecular complexity index is 817. The lowest BCUT2D eigenvalue weighted by molar-refractivity contribution is 0.102. The summed E-state index contributed by atoms with van der Waals surface area (Å²) in [5, 5.41) is 13.9. The second-order valence-electron chi connectivity index (χ2n) is 4.70. The van der Waals surface area contributed by atoms with E-state index in [-0.39, 0.29) is 5.91 Å². The SMILES string of the molecule is Cc1cccc(C(=O)Nc2cccc(-n3cnnn3)c2)c1I. The number of aromatic nitrogens is 4. The average Bonchev–Trinajstić information content (AvgIpc) is 3.04. The number of hydrogen-bond acceptors (Lipinski definition) is 4. The van der Waals surface area contributed by atoms with Gasteiger partial charge in [0.25, 0.3) is 5.91 Å². The van der Waals surface area contributed by atoms with Gasteiger partial charge in [0.05, 0.1) is 11.3 Å². The zero-order valence-corrected chi connectivity index (χ0v) is 13.9. The van der Waals surface area contributed by atoms with Crippen molar-refractivity contribution in [1.82, 2.24) is 20.2 Å². The topological polar surface area (TPSA) is 72.7 Å². The molecule has 110 valence electrons. The van der Waals surface area contributed by atoms with E-state index in [4.69, 9.17) is 0 Å². The fourth-order valence-corrected chi connectivity index (χ4v) is 2.63. The van der Waals surface area contributed by atoms with Gasteiger partial charge in [-0.1, -0.05) is 18.2 Å². The smallest absolute Gasteiger partial charge is 0.256 e. The first-order valence-electron chi connectivity index (χ1n) is 6.55. The number of halogens is 1. The van der Waals surface area contributed by atoms with E-state index in [9.17, 15) is 4.79 Å². The molecule has 1 heterocycles. The Morgan fingerprint density at radius 1 is 1.23 bits per heavy atom. The predicted octanol–water partition coefficient (Wildman–Crippen LogP) is 2.83. The van der Waals surface area contributed by atoms with E-state index in [0.717, 1.165) is 14.8 Å².